The van der Waals surface area contributed by atoms with Gasteiger partial charge < -0.3 is 4.42 Å². The highest BCUT2D eigenvalue weighted by Crippen LogP contribution is 2.40. The molecule has 1 heterocycles. The SMILES string of the molecule is Cc1ccc(NS(=O)(=O)c2ccc(-c3cnc(C4CC4)o3)cc2)cc1Cl. The zero-order valence-electron chi connectivity index (χ0n) is 14.1. The number of rotatable bonds is 5. The number of oxazole rings is 1. The number of halogens is 1. The number of aromatic nitrogens is 1. The number of hydrogen-bond acceptors (Lipinski definition) is 4. The molecule has 0 atom stereocenters. The minimum atomic E-state index is -3.69. The van der Waals surface area contributed by atoms with Crippen LogP contribution in [0.4, 0.5) is 5.69 Å². The lowest BCUT2D eigenvalue weighted by Gasteiger charge is -2.09. The van der Waals surface area contributed by atoms with Crippen molar-refractivity contribution in [1.29, 1.82) is 0 Å². The number of hydrogen-bond donors (Lipinski definition) is 1. The molecular weight excluding hydrogens is 372 g/mol. The first-order chi connectivity index (χ1) is 12.4. The van der Waals surface area contributed by atoms with Crippen LogP contribution in [0.5, 0.6) is 0 Å². The lowest BCUT2D eigenvalue weighted by Crippen LogP contribution is -2.12. The molecule has 1 fully saturated rings. The average Bonchev–Trinajstić information content (AvgIpc) is 3.35. The third-order valence-corrected chi connectivity index (χ3v) is 6.13. The summed E-state index contributed by atoms with van der Waals surface area (Å²) in [6, 6.07) is 11.6. The number of aryl methyl sites for hydroxylation is 1. The molecule has 0 spiro atoms. The van der Waals surface area contributed by atoms with E-state index in [-0.39, 0.29) is 4.90 Å². The van der Waals surface area contributed by atoms with Gasteiger partial charge in [0.15, 0.2) is 11.7 Å². The molecule has 0 bridgehead atoms. The third kappa shape index (κ3) is 3.48. The van der Waals surface area contributed by atoms with E-state index in [1.54, 1.807) is 48.7 Å². The molecule has 3 aromatic rings. The Kier molecular flexibility index (Phi) is 4.25. The van der Waals surface area contributed by atoms with Crippen molar-refractivity contribution in [3.8, 4) is 11.3 Å². The highest BCUT2D eigenvalue weighted by molar-refractivity contribution is 7.92. The van der Waals surface area contributed by atoms with Crippen LogP contribution in [0.2, 0.25) is 5.02 Å². The van der Waals surface area contributed by atoms with E-state index in [9.17, 15) is 8.42 Å². The van der Waals surface area contributed by atoms with Gasteiger partial charge in [0.1, 0.15) is 0 Å². The van der Waals surface area contributed by atoms with E-state index in [1.807, 2.05) is 6.92 Å². The van der Waals surface area contributed by atoms with Crippen LogP contribution in [-0.4, -0.2) is 13.4 Å². The Hall–Kier alpha value is -2.31. The second-order valence-corrected chi connectivity index (χ2v) is 8.52. The molecule has 1 N–H and O–H groups in total. The molecule has 0 saturated heterocycles. The topological polar surface area (TPSA) is 72.2 Å². The van der Waals surface area contributed by atoms with E-state index < -0.39 is 10.0 Å². The summed E-state index contributed by atoms with van der Waals surface area (Å²) >= 11 is 6.05. The molecule has 0 radical (unpaired) electrons. The van der Waals surface area contributed by atoms with Crippen LogP contribution in [0.3, 0.4) is 0 Å². The molecule has 1 saturated carbocycles. The van der Waals surface area contributed by atoms with Crippen LogP contribution in [0.25, 0.3) is 11.3 Å². The first-order valence-corrected chi connectivity index (χ1v) is 10.1. The molecule has 134 valence electrons. The second-order valence-electron chi connectivity index (χ2n) is 6.43. The van der Waals surface area contributed by atoms with E-state index in [2.05, 4.69) is 9.71 Å². The summed E-state index contributed by atoms with van der Waals surface area (Å²) in [6.45, 7) is 1.86. The first-order valence-electron chi connectivity index (χ1n) is 8.27. The Morgan fingerprint density at radius 3 is 2.54 bits per heavy atom. The van der Waals surface area contributed by atoms with Gasteiger partial charge in [-0.25, -0.2) is 13.4 Å². The van der Waals surface area contributed by atoms with Gasteiger partial charge in [-0.2, -0.15) is 0 Å². The summed E-state index contributed by atoms with van der Waals surface area (Å²) in [5, 5.41) is 0.511. The van der Waals surface area contributed by atoms with Crippen LogP contribution < -0.4 is 4.72 Å². The standard InChI is InChI=1S/C19H17ClN2O3S/c1-12-2-7-15(10-17(12)20)22-26(23,24)16-8-5-13(6-9-16)18-11-21-19(25-18)14-3-4-14/h2,5-11,14,22H,3-4H2,1H3. The van der Waals surface area contributed by atoms with Crippen molar-refractivity contribution in [3.63, 3.8) is 0 Å². The maximum atomic E-state index is 12.6. The first kappa shape index (κ1) is 17.1. The molecule has 26 heavy (non-hydrogen) atoms. The number of sulfonamides is 1. The predicted octanol–water partition coefficient (Wildman–Crippen LogP) is 4.98. The van der Waals surface area contributed by atoms with E-state index in [4.69, 9.17) is 16.0 Å². The smallest absolute Gasteiger partial charge is 0.261 e. The fourth-order valence-corrected chi connectivity index (χ4v) is 3.84. The molecule has 4 rings (SSSR count). The maximum Gasteiger partial charge on any atom is 0.261 e. The van der Waals surface area contributed by atoms with Crippen molar-refractivity contribution in [2.24, 2.45) is 0 Å². The summed E-state index contributed by atoms with van der Waals surface area (Å²) in [5.74, 6) is 1.85. The Labute approximate surface area is 157 Å². The lowest BCUT2D eigenvalue weighted by molar-refractivity contribution is 0.509. The molecule has 0 amide bonds. The van der Waals surface area contributed by atoms with E-state index in [0.29, 0.717) is 22.4 Å². The van der Waals surface area contributed by atoms with Crippen LogP contribution in [-0.2, 0) is 10.0 Å². The number of nitrogens with one attached hydrogen (secondary N) is 1. The highest BCUT2D eigenvalue weighted by Gasteiger charge is 2.28. The highest BCUT2D eigenvalue weighted by atomic mass is 35.5. The fourth-order valence-electron chi connectivity index (χ4n) is 2.61. The molecule has 1 aliphatic rings. The van der Waals surface area contributed by atoms with Gasteiger partial charge in [0.25, 0.3) is 10.0 Å². The van der Waals surface area contributed by atoms with Gasteiger partial charge in [0.2, 0.25) is 0 Å². The van der Waals surface area contributed by atoms with Gasteiger partial charge >= 0.3 is 0 Å². The van der Waals surface area contributed by atoms with Gasteiger partial charge in [-0.3, -0.25) is 4.72 Å². The predicted molar refractivity (Wildman–Crippen MR) is 101 cm³/mol. The maximum absolute atomic E-state index is 12.6. The van der Waals surface area contributed by atoms with Crippen LogP contribution in [0.15, 0.2) is 58.0 Å². The molecular formula is C19H17ClN2O3S. The van der Waals surface area contributed by atoms with Gasteiger partial charge in [-0.1, -0.05) is 17.7 Å². The molecule has 0 aliphatic heterocycles. The third-order valence-electron chi connectivity index (χ3n) is 4.32. The minimum absolute atomic E-state index is 0.167. The summed E-state index contributed by atoms with van der Waals surface area (Å²) in [7, 11) is -3.69. The van der Waals surface area contributed by atoms with Gasteiger partial charge in [0, 0.05) is 16.5 Å². The largest absolute Gasteiger partial charge is 0.440 e. The van der Waals surface area contributed by atoms with Crippen molar-refractivity contribution in [3.05, 3.63) is 65.1 Å². The average molecular weight is 389 g/mol. The molecule has 0 unspecified atom stereocenters. The van der Waals surface area contributed by atoms with Crippen molar-refractivity contribution in [2.45, 2.75) is 30.6 Å². The number of anilines is 1. The van der Waals surface area contributed by atoms with E-state index >= 15 is 0 Å². The normalized spacial score (nSPS) is 14.4. The molecule has 2 aromatic carbocycles. The summed E-state index contributed by atoms with van der Waals surface area (Å²) in [6.07, 6.45) is 3.92. The molecule has 1 aromatic heterocycles. The van der Waals surface area contributed by atoms with Crippen molar-refractivity contribution >= 4 is 27.3 Å². The Bertz CT molecular complexity index is 1050. The molecule has 1 aliphatic carbocycles. The Morgan fingerprint density at radius 2 is 1.88 bits per heavy atom. The Morgan fingerprint density at radius 1 is 1.15 bits per heavy atom. The van der Waals surface area contributed by atoms with Crippen molar-refractivity contribution in [1.82, 2.24) is 4.98 Å². The van der Waals surface area contributed by atoms with Crippen molar-refractivity contribution < 1.29 is 12.8 Å². The number of nitrogens with zero attached hydrogens (tertiary/aromatic N) is 1. The number of benzene rings is 2. The minimum Gasteiger partial charge on any atom is -0.440 e. The summed E-state index contributed by atoms with van der Waals surface area (Å²) in [4.78, 5) is 4.45. The van der Waals surface area contributed by atoms with Crippen molar-refractivity contribution in [2.75, 3.05) is 4.72 Å². The van der Waals surface area contributed by atoms with Gasteiger partial charge in [-0.05, 0) is 61.7 Å². The molecule has 7 heteroatoms. The zero-order chi connectivity index (χ0) is 18.3. The van der Waals surface area contributed by atoms with Gasteiger partial charge in [0.05, 0.1) is 16.8 Å². The monoisotopic (exact) mass is 388 g/mol. The fraction of sp³-hybridized carbons (Fsp3) is 0.211. The summed E-state index contributed by atoms with van der Waals surface area (Å²) in [5.41, 5.74) is 2.10. The lowest BCUT2D eigenvalue weighted by atomic mass is 10.2. The van der Waals surface area contributed by atoms with E-state index in [1.165, 1.54) is 0 Å². The zero-order valence-corrected chi connectivity index (χ0v) is 15.6. The Balaban J connectivity index is 1.55. The van der Waals surface area contributed by atoms with Crippen LogP contribution in [0.1, 0.15) is 30.2 Å². The second kappa shape index (κ2) is 6.45. The molecule has 5 nitrogen and oxygen atoms in total. The van der Waals surface area contributed by atoms with Crippen LogP contribution >= 0.6 is 11.6 Å². The summed E-state index contributed by atoms with van der Waals surface area (Å²) < 4.78 is 33.4. The van der Waals surface area contributed by atoms with E-state index in [0.717, 1.165) is 29.9 Å². The van der Waals surface area contributed by atoms with Gasteiger partial charge in [-0.15, -0.1) is 0 Å². The quantitative estimate of drug-likeness (QED) is 0.668. The van der Waals surface area contributed by atoms with Crippen LogP contribution in [0, 0.1) is 6.92 Å².